The van der Waals surface area contributed by atoms with Crippen molar-refractivity contribution in [2.45, 2.75) is 58.8 Å². The summed E-state index contributed by atoms with van der Waals surface area (Å²) < 4.78 is 23.5. The van der Waals surface area contributed by atoms with Crippen LogP contribution in [0, 0.1) is 0 Å². The lowest BCUT2D eigenvalue weighted by Gasteiger charge is -2.28. The van der Waals surface area contributed by atoms with Gasteiger partial charge in [0.05, 0.1) is 18.5 Å². The van der Waals surface area contributed by atoms with Crippen molar-refractivity contribution in [3.63, 3.8) is 0 Å². The smallest absolute Gasteiger partial charge is 0.317 e. The van der Waals surface area contributed by atoms with Gasteiger partial charge >= 0.3 is 7.60 Å². The highest BCUT2D eigenvalue weighted by Crippen LogP contribution is 2.49. The molecular formula is C12H27N2O3P. The lowest BCUT2D eigenvalue weighted by atomic mass is 10.1. The van der Waals surface area contributed by atoms with Crippen molar-refractivity contribution in [2.24, 2.45) is 0 Å². The predicted octanol–water partition coefficient (Wildman–Crippen LogP) is 2.33. The molecule has 6 heteroatoms. The average molecular weight is 278 g/mol. The Balaban J connectivity index is 2.46. The minimum Gasteiger partial charge on any atom is -0.317 e. The molecule has 0 unspecified atom stereocenters. The summed E-state index contributed by atoms with van der Waals surface area (Å²) in [5.74, 6) is 0. The van der Waals surface area contributed by atoms with E-state index in [9.17, 15) is 4.57 Å². The lowest BCUT2D eigenvalue weighted by molar-refractivity contribution is 0.140. The molecular weight excluding hydrogens is 251 g/mol. The molecule has 0 aromatic heterocycles. The number of hydrogen-bond donors (Lipinski definition) is 2. The third kappa shape index (κ3) is 6.30. The van der Waals surface area contributed by atoms with Crippen LogP contribution in [0.4, 0.5) is 0 Å². The molecule has 5 nitrogen and oxygen atoms in total. The highest BCUT2D eigenvalue weighted by atomic mass is 31.2. The van der Waals surface area contributed by atoms with Crippen molar-refractivity contribution < 1.29 is 13.6 Å². The maximum absolute atomic E-state index is 12.6. The number of piperidine rings is 1. The standard InChI is InChI=1S/C12H27N2O3P/c1-10(2)16-18(15,17-11(3)4)9-14-12-5-7-13-8-6-12/h10-14H,5-9H2,1-4H3. The van der Waals surface area contributed by atoms with Gasteiger partial charge in [0, 0.05) is 6.04 Å². The van der Waals surface area contributed by atoms with E-state index in [4.69, 9.17) is 9.05 Å². The number of hydrogen-bond acceptors (Lipinski definition) is 5. The zero-order valence-electron chi connectivity index (χ0n) is 11.9. The normalized spacial score (nSPS) is 18.8. The van der Waals surface area contributed by atoms with Crippen LogP contribution in [-0.4, -0.2) is 37.6 Å². The molecule has 0 bridgehead atoms. The maximum Gasteiger partial charge on any atom is 0.344 e. The molecule has 1 heterocycles. The van der Waals surface area contributed by atoms with Crippen molar-refractivity contribution >= 4 is 7.60 Å². The van der Waals surface area contributed by atoms with Crippen LogP contribution < -0.4 is 10.6 Å². The van der Waals surface area contributed by atoms with E-state index in [0.29, 0.717) is 12.3 Å². The fourth-order valence-corrected chi connectivity index (χ4v) is 3.97. The van der Waals surface area contributed by atoms with Crippen LogP contribution in [0.2, 0.25) is 0 Å². The SMILES string of the molecule is CC(C)OP(=O)(CNC1CCNCC1)OC(C)C. The molecule has 1 aliphatic heterocycles. The molecule has 1 rings (SSSR count). The summed E-state index contributed by atoms with van der Waals surface area (Å²) in [5.41, 5.74) is 0. The minimum absolute atomic E-state index is 0.0931. The average Bonchev–Trinajstić information content (AvgIpc) is 2.26. The van der Waals surface area contributed by atoms with Crippen LogP contribution in [0.15, 0.2) is 0 Å². The van der Waals surface area contributed by atoms with Gasteiger partial charge in [-0.15, -0.1) is 0 Å². The third-order valence-electron chi connectivity index (χ3n) is 2.66. The van der Waals surface area contributed by atoms with Crippen molar-refractivity contribution in [2.75, 3.05) is 19.4 Å². The maximum atomic E-state index is 12.6. The monoisotopic (exact) mass is 278 g/mol. The van der Waals surface area contributed by atoms with Gasteiger partial charge in [-0.1, -0.05) is 0 Å². The van der Waals surface area contributed by atoms with Crippen molar-refractivity contribution in [3.05, 3.63) is 0 Å². The molecule has 1 fully saturated rings. The Kier molecular flexibility index (Phi) is 6.82. The second-order valence-electron chi connectivity index (χ2n) is 5.31. The van der Waals surface area contributed by atoms with Gasteiger partial charge < -0.3 is 19.7 Å². The van der Waals surface area contributed by atoms with E-state index in [1.165, 1.54) is 0 Å². The molecule has 0 amide bonds. The van der Waals surface area contributed by atoms with Crippen molar-refractivity contribution in [3.8, 4) is 0 Å². The van der Waals surface area contributed by atoms with Gasteiger partial charge in [-0.25, -0.2) is 0 Å². The molecule has 0 radical (unpaired) electrons. The second-order valence-corrected chi connectivity index (χ2v) is 7.27. The molecule has 0 aromatic rings. The summed E-state index contributed by atoms with van der Waals surface area (Å²) in [4.78, 5) is 0. The van der Waals surface area contributed by atoms with E-state index < -0.39 is 7.60 Å². The van der Waals surface area contributed by atoms with Crippen molar-refractivity contribution in [1.82, 2.24) is 10.6 Å². The van der Waals surface area contributed by atoms with E-state index >= 15 is 0 Å². The third-order valence-corrected chi connectivity index (χ3v) is 4.71. The summed E-state index contributed by atoms with van der Waals surface area (Å²) in [6, 6.07) is 0.408. The van der Waals surface area contributed by atoms with Gasteiger partial charge in [-0.05, 0) is 53.6 Å². The van der Waals surface area contributed by atoms with Gasteiger partial charge in [0.25, 0.3) is 0 Å². The highest BCUT2D eigenvalue weighted by Gasteiger charge is 2.28. The van der Waals surface area contributed by atoms with Gasteiger partial charge in [0.15, 0.2) is 0 Å². The quantitative estimate of drug-likeness (QED) is 0.700. The molecule has 1 saturated heterocycles. The Morgan fingerprint density at radius 2 is 1.67 bits per heavy atom. The van der Waals surface area contributed by atoms with Gasteiger partial charge in [0.2, 0.25) is 0 Å². The molecule has 0 aromatic carbocycles. The molecule has 0 aliphatic carbocycles. The van der Waals surface area contributed by atoms with E-state index in [2.05, 4.69) is 10.6 Å². The Bertz CT molecular complexity index is 264. The van der Waals surface area contributed by atoms with Crippen molar-refractivity contribution in [1.29, 1.82) is 0 Å². The zero-order chi connectivity index (χ0) is 13.6. The summed E-state index contributed by atoms with van der Waals surface area (Å²) in [6.07, 6.45) is 2.23. The van der Waals surface area contributed by atoms with Crippen LogP contribution in [-0.2, 0) is 13.6 Å². The summed E-state index contributed by atoms with van der Waals surface area (Å²) in [7, 11) is -3.03. The van der Waals surface area contributed by atoms with Crippen LogP contribution in [0.5, 0.6) is 0 Å². The number of nitrogens with one attached hydrogen (secondary N) is 2. The zero-order valence-corrected chi connectivity index (χ0v) is 12.8. The lowest BCUT2D eigenvalue weighted by Crippen LogP contribution is -2.40. The van der Waals surface area contributed by atoms with Crippen LogP contribution >= 0.6 is 7.60 Å². The topological polar surface area (TPSA) is 59.6 Å². The predicted molar refractivity (Wildman–Crippen MR) is 73.9 cm³/mol. The first-order valence-electron chi connectivity index (χ1n) is 6.81. The first kappa shape index (κ1) is 16.1. The second kappa shape index (κ2) is 7.61. The fourth-order valence-electron chi connectivity index (χ4n) is 2.01. The first-order valence-corrected chi connectivity index (χ1v) is 8.54. The molecule has 1 aliphatic rings. The minimum atomic E-state index is -3.03. The molecule has 108 valence electrons. The van der Waals surface area contributed by atoms with E-state index in [1.807, 2.05) is 27.7 Å². The Labute approximate surface area is 111 Å². The largest absolute Gasteiger partial charge is 0.344 e. The Morgan fingerprint density at radius 1 is 1.17 bits per heavy atom. The molecule has 2 N–H and O–H groups in total. The first-order chi connectivity index (χ1) is 8.41. The molecule has 0 atom stereocenters. The van der Waals surface area contributed by atoms with Crippen LogP contribution in [0.3, 0.4) is 0 Å². The van der Waals surface area contributed by atoms with E-state index in [1.54, 1.807) is 0 Å². The fraction of sp³-hybridized carbons (Fsp3) is 1.00. The molecule has 0 saturated carbocycles. The van der Waals surface area contributed by atoms with Gasteiger partial charge in [-0.2, -0.15) is 0 Å². The Hall–Kier alpha value is 0.0700. The van der Waals surface area contributed by atoms with Crippen LogP contribution in [0.1, 0.15) is 40.5 Å². The van der Waals surface area contributed by atoms with Gasteiger partial charge in [0.1, 0.15) is 0 Å². The summed E-state index contributed by atoms with van der Waals surface area (Å²) >= 11 is 0. The van der Waals surface area contributed by atoms with E-state index in [-0.39, 0.29) is 12.2 Å². The van der Waals surface area contributed by atoms with Crippen LogP contribution in [0.25, 0.3) is 0 Å². The molecule has 0 spiro atoms. The highest BCUT2D eigenvalue weighted by molar-refractivity contribution is 7.53. The van der Waals surface area contributed by atoms with E-state index in [0.717, 1.165) is 25.9 Å². The summed E-state index contributed by atoms with van der Waals surface area (Å²) in [5, 5.41) is 6.62. The van der Waals surface area contributed by atoms with Gasteiger partial charge in [-0.3, -0.25) is 4.57 Å². The Morgan fingerprint density at radius 3 is 2.11 bits per heavy atom. The number of rotatable bonds is 7. The summed E-state index contributed by atoms with van der Waals surface area (Å²) in [6.45, 7) is 9.53. The molecule has 18 heavy (non-hydrogen) atoms.